The predicted octanol–water partition coefficient (Wildman–Crippen LogP) is -0.194. The van der Waals surface area contributed by atoms with Crippen molar-refractivity contribution < 1.29 is 33.6 Å². The van der Waals surface area contributed by atoms with Crippen molar-refractivity contribution in [1.82, 2.24) is 52.2 Å². The van der Waals surface area contributed by atoms with Gasteiger partial charge >= 0.3 is 0 Å². The summed E-state index contributed by atoms with van der Waals surface area (Å²) in [6.07, 6.45) is 6.71. The Hall–Kier alpha value is -7.25. The fourth-order valence-electron chi connectivity index (χ4n) is 6.84. The summed E-state index contributed by atoms with van der Waals surface area (Å²) in [4.78, 5) is 104. The highest BCUT2D eigenvalue weighted by Gasteiger charge is 2.33. The van der Waals surface area contributed by atoms with Crippen LogP contribution in [-0.4, -0.2) is 105 Å². The zero-order valence-electron chi connectivity index (χ0n) is 35.7. The van der Waals surface area contributed by atoms with Gasteiger partial charge in [-0.15, -0.1) is 0 Å². The summed E-state index contributed by atoms with van der Waals surface area (Å²) in [5, 5.41) is 27.1. The number of aromatic nitrogens is 3. The molecule has 2 aromatic heterocycles. The van der Waals surface area contributed by atoms with Crippen LogP contribution in [0.15, 0.2) is 73.3 Å². The van der Waals surface area contributed by atoms with Crippen molar-refractivity contribution in [2.24, 2.45) is 11.5 Å². The molecule has 14 N–H and O–H groups in total. The van der Waals surface area contributed by atoms with Crippen LogP contribution in [0.2, 0.25) is 0 Å². The van der Waals surface area contributed by atoms with Crippen LogP contribution in [0.1, 0.15) is 69.7 Å². The Morgan fingerprint density at radius 2 is 1.27 bits per heavy atom. The standard InChI is InChI=1S/C43H59N13O7/c1-4-5-15-32(52-26(3)57)40(61)56-36(21-29-23-47-24-50-29)42(63)55-35(19-27-12-7-6-8-13-27)41(62)53-33(17-11-18-48-43(45)46)39(60)51-25(2)38(59)54-34(37(44)58)20-28-22-49-31-16-10-9-14-30(28)31/h6-10,12-14,16,22-25,32-36,49H,4-5,11,15,17-21H2,1-3H3,(H2,44,58)(H,47,50)(H,51,60)(H,52,57)(H,53,62)(H,54,59)(H,55,63)(H,56,61)(H4,45,46,48)/t25-,32-,33-,34-,35+,36-/m0/s1. The van der Waals surface area contributed by atoms with Crippen molar-refractivity contribution >= 4 is 58.2 Å². The van der Waals surface area contributed by atoms with Crippen molar-refractivity contribution in [3.05, 3.63) is 90.1 Å². The number of unbranched alkanes of at least 4 members (excludes halogenated alkanes) is 1. The van der Waals surface area contributed by atoms with E-state index >= 15 is 0 Å². The first kappa shape index (κ1) is 48.4. The third kappa shape index (κ3) is 15.6. The van der Waals surface area contributed by atoms with Crippen molar-refractivity contribution in [3.63, 3.8) is 0 Å². The largest absolute Gasteiger partial charge is 0.370 e. The minimum Gasteiger partial charge on any atom is -0.370 e. The number of primary amides is 1. The van der Waals surface area contributed by atoms with E-state index in [0.717, 1.165) is 22.9 Å². The van der Waals surface area contributed by atoms with Crippen molar-refractivity contribution in [2.75, 3.05) is 6.54 Å². The van der Waals surface area contributed by atoms with Crippen molar-refractivity contribution in [2.45, 2.75) is 108 Å². The average molecular weight is 870 g/mol. The highest BCUT2D eigenvalue weighted by atomic mass is 16.2. The minimum absolute atomic E-state index is 0.0167. The Labute approximate surface area is 365 Å². The van der Waals surface area contributed by atoms with E-state index in [0.29, 0.717) is 24.1 Å². The summed E-state index contributed by atoms with van der Waals surface area (Å²) in [6.45, 7) is 4.83. The number of guanidine groups is 1. The summed E-state index contributed by atoms with van der Waals surface area (Å²) in [6, 6.07) is 9.30. The summed E-state index contributed by atoms with van der Waals surface area (Å²) < 4.78 is 0. The number of nitrogens with one attached hydrogen (secondary N) is 10. The molecule has 63 heavy (non-hydrogen) atoms. The van der Waals surface area contributed by atoms with E-state index in [1.807, 2.05) is 31.2 Å². The van der Waals surface area contributed by atoms with E-state index in [1.54, 1.807) is 42.7 Å². The lowest BCUT2D eigenvalue weighted by molar-refractivity contribution is -0.135. The number of imidazole rings is 1. The van der Waals surface area contributed by atoms with Gasteiger partial charge in [-0.1, -0.05) is 68.3 Å². The lowest BCUT2D eigenvalue weighted by Crippen LogP contribution is -2.60. The molecule has 4 aromatic rings. The molecule has 2 aromatic carbocycles. The Kier molecular flexibility index (Phi) is 18.6. The van der Waals surface area contributed by atoms with E-state index in [-0.39, 0.29) is 44.6 Å². The summed E-state index contributed by atoms with van der Waals surface area (Å²) >= 11 is 0. The van der Waals surface area contributed by atoms with Gasteiger partial charge in [0.2, 0.25) is 41.4 Å². The third-order valence-electron chi connectivity index (χ3n) is 10.2. The number of rotatable bonds is 25. The molecule has 0 spiro atoms. The van der Waals surface area contributed by atoms with E-state index < -0.39 is 77.6 Å². The van der Waals surface area contributed by atoms with Crippen LogP contribution >= 0.6 is 0 Å². The molecule has 338 valence electrons. The molecule has 7 amide bonds. The molecule has 4 rings (SSSR count). The van der Waals surface area contributed by atoms with Gasteiger partial charge in [-0.05, 0) is 43.4 Å². The zero-order chi connectivity index (χ0) is 45.9. The number of fused-ring (bicyclic) bond motifs is 1. The Balaban J connectivity index is 1.54. The van der Waals surface area contributed by atoms with Gasteiger partial charge in [-0.2, -0.15) is 0 Å². The van der Waals surface area contributed by atoms with Gasteiger partial charge in [-0.3, -0.25) is 39.0 Å². The predicted molar refractivity (Wildman–Crippen MR) is 235 cm³/mol. The number of carbonyl (C=O) groups is 7. The van der Waals surface area contributed by atoms with Gasteiger partial charge in [0.15, 0.2) is 5.96 Å². The van der Waals surface area contributed by atoms with Gasteiger partial charge in [-0.25, -0.2) is 4.98 Å². The molecule has 0 saturated heterocycles. The van der Waals surface area contributed by atoms with Gasteiger partial charge in [0, 0.05) is 56.0 Å². The summed E-state index contributed by atoms with van der Waals surface area (Å²) in [7, 11) is 0. The SMILES string of the molecule is CCCC[C@H](NC(C)=O)C(=O)N[C@@H](Cc1c[nH]cn1)C(=O)N[C@H](Cc1ccccc1)C(=O)N[C@@H](CCCNC(=N)N)C(=O)N[C@@H](C)C(=O)N[C@@H](Cc1c[nH]c2ccccc12)C(N)=O. The Morgan fingerprint density at radius 1 is 0.683 bits per heavy atom. The number of para-hydroxylation sites is 1. The van der Waals surface area contributed by atoms with Crippen LogP contribution in [0.5, 0.6) is 0 Å². The smallest absolute Gasteiger partial charge is 0.243 e. The van der Waals surface area contributed by atoms with Crippen LogP contribution in [0.3, 0.4) is 0 Å². The van der Waals surface area contributed by atoms with Gasteiger partial charge in [0.25, 0.3) is 0 Å². The number of benzene rings is 2. The highest BCUT2D eigenvalue weighted by molar-refractivity contribution is 5.97. The zero-order valence-corrected chi connectivity index (χ0v) is 35.7. The third-order valence-corrected chi connectivity index (χ3v) is 10.2. The van der Waals surface area contributed by atoms with E-state index in [9.17, 15) is 33.6 Å². The maximum Gasteiger partial charge on any atom is 0.243 e. The fourth-order valence-corrected chi connectivity index (χ4v) is 6.84. The van der Waals surface area contributed by atoms with Gasteiger partial charge in [0.1, 0.15) is 36.3 Å². The second-order valence-electron chi connectivity index (χ2n) is 15.3. The lowest BCUT2D eigenvalue weighted by atomic mass is 10.0. The molecule has 0 saturated carbocycles. The first-order valence-corrected chi connectivity index (χ1v) is 20.9. The molecule has 20 heteroatoms. The van der Waals surface area contributed by atoms with Gasteiger partial charge in [0.05, 0.1) is 12.0 Å². The monoisotopic (exact) mass is 869 g/mol. The molecule has 0 fully saturated rings. The Bertz CT molecular complexity index is 2180. The number of carbonyl (C=O) groups excluding carboxylic acids is 7. The molecule has 2 heterocycles. The molecule has 0 bridgehead atoms. The molecule has 0 unspecified atom stereocenters. The van der Waals surface area contributed by atoms with Crippen LogP contribution in [0, 0.1) is 5.41 Å². The van der Waals surface area contributed by atoms with Crippen molar-refractivity contribution in [3.8, 4) is 0 Å². The van der Waals surface area contributed by atoms with Gasteiger partial charge < -0.3 is 58.7 Å². The molecule has 0 aliphatic rings. The molecular weight excluding hydrogens is 811 g/mol. The highest BCUT2D eigenvalue weighted by Crippen LogP contribution is 2.19. The van der Waals surface area contributed by atoms with Crippen LogP contribution < -0.4 is 48.7 Å². The molecule has 6 atom stereocenters. The van der Waals surface area contributed by atoms with Crippen LogP contribution in [-0.2, 0) is 52.8 Å². The van der Waals surface area contributed by atoms with E-state index in [1.165, 1.54) is 20.2 Å². The van der Waals surface area contributed by atoms with Crippen molar-refractivity contribution in [1.29, 1.82) is 5.41 Å². The molecule has 0 radical (unpaired) electrons. The quantitative estimate of drug-likeness (QED) is 0.0237. The first-order valence-electron chi connectivity index (χ1n) is 20.9. The number of hydrogen-bond acceptors (Lipinski definition) is 9. The molecule has 0 aliphatic carbocycles. The normalized spacial score (nSPS) is 13.8. The molecule has 20 nitrogen and oxygen atoms in total. The topological polar surface area (TPSA) is 324 Å². The number of amides is 7. The first-order chi connectivity index (χ1) is 30.1. The maximum atomic E-state index is 14.3. The van der Waals surface area contributed by atoms with E-state index in [4.69, 9.17) is 16.9 Å². The second-order valence-corrected chi connectivity index (χ2v) is 15.3. The minimum atomic E-state index is -1.28. The number of nitrogens with zero attached hydrogens (tertiary/aromatic N) is 1. The van der Waals surface area contributed by atoms with Crippen LogP contribution in [0.25, 0.3) is 10.9 Å². The maximum absolute atomic E-state index is 14.3. The summed E-state index contributed by atoms with van der Waals surface area (Å²) in [5.74, 6) is -5.01. The van der Waals surface area contributed by atoms with E-state index in [2.05, 4.69) is 52.2 Å². The number of nitrogens with two attached hydrogens (primary N) is 2. The molecular formula is C43H59N13O7. The Morgan fingerprint density at radius 3 is 1.90 bits per heavy atom. The number of aromatic amines is 2. The summed E-state index contributed by atoms with van der Waals surface area (Å²) in [5.41, 5.74) is 13.8. The fraction of sp³-hybridized carbons (Fsp3) is 0.419. The second kappa shape index (κ2) is 24.3. The number of hydrogen-bond donors (Lipinski definition) is 12. The lowest BCUT2D eigenvalue weighted by Gasteiger charge is -2.27. The van der Waals surface area contributed by atoms with Crippen LogP contribution in [0.4, 0.5) is 0 Å². The molecule has 0 aliphatic heterocycles. The number of H-pyrrole nitrogens is 2. The average Bonchev–Trinajstić information content (AvgIpc) is 3.92.